The van der Waals surface area contributed by atoms with E-state index >= 15 is 0 Å². The Morgan fingerprint density at radius 2 is 1.76 bits per heavy atom. The highest BCUT2D eigenvalue weighted by molar-refractivity contribution is 9.10. The van der Waals surface area contributed by atoms with E-state index < -0.39 is 0 Å². The number of aromatic nitrogens is 1. The number of halogens is 3. The second kappa shape index (κ2) is 11.6. The number of nitrogens with zero attached hydrogens (tertiary/aromatic N) is 3. The zero-order valence-corrected chi connectivity index (χ0v) is 24.9. The number of pyridine rings is 1. The monoisotopic (exact) mass is 651 g/mol. The predicted octanol–water partition coefficient (Wildman–Crippen LogP) is 6.60. The molecule has 0 saturated carbocycles. The first kappa shape index (κ1) is 26.9. The first-order valence-corrected chi connectivity index (χ1v) is 15.0. The molecule has 2 amide bonds. The highest BCUT2D eigenvalue weighted by Crippen LogP contribution is 2.45. The number of carbonyl (C=O) groups excluding carboxylic acids is 2. The molecule has 198 valence electrons. The molecule has 3 heterocycles. The molecule has 1 aromatic heterocycles. The Labute approximate surface area is 240 Å². The lowest BCUT2D eigenvalue weighted by Crippen LogP contribution is -2.42. The van der Waals surface area contributed by atoms with Gasteiger partial charge in [-0.15, -0.1) is 0 Å². The van der Waals surface area contributed by atoms with Gasteiger partial charge in [-0.3, -0.25) is 9.78 Å². The minimum absolute atomic E-state index is 0.189. The third-order valence-corrected chi connectivity index (χ3v) is 10.2. The van der Waals surface area contributed by atoms with Crippen molar-refractivity contribution in [2.45, 2.75) is 50.9 Å². The summed E-state index contributed by atoms with van der Waals surface area (Å²) in [4.78, 5) is 33.6. The quantitative estimate of drug-likeness (QED) is 0.375. The fraction of sp³-hybridized carbons (Fsp3) is 0.536. The Kier molecular flexibility index (Phi) is 8.46. The van der Waals surface area contributed by atoms with Gasteiger partial charge in [-0.25, -0.2) is 4.79 Å². The Bertz CT molecular complexity index is 1180. The first-order valence-electron chi connectivity index (χ1n) is 13.1. The van der Waals surface area contributed by atoms with Crippen molar-refractivity contribution < 1.29 is 14.3 Å². The maximum absolute atomic E-state index is 13.2. The number of rotatable bonds is 3. The van der Waals surface area contributed by atoms with Crippen molar-refractivity contribution in [3.63, 3.8) is 0 Å². The average Bonchev–Trinajstić information content (AvgIpc) is 3.07. The van der Waals surface area contributed by atoms with Crippen LogP contribution in [0.5, 0.6) is 0 Å². The maximum Gasteiger partial charge on any atom is 0.409 e. The van der Waals surface area contributed by atoms with Crippen LogP contribution in [0.1, 0.15) is 60.4 Å². The molecule has 5 rings (SSSR count). The fourth-order valence-electron chi connectivity index (χ4n) is 6.32. The van der Waals surface area contributed by atoms with E-state index in [0.29, 0.717) is 31.3 Å². The number of likely N-dealkylation sites (tertiary alicyclic amines) is 2. The maximum atomic E-state index is 13.2. The van der Waals surface area contributed by atoms with E-state index in [9.17, 15) is 9.59 Å². The van der Waals surface area contributed by atoms with Gasteiger partial charge in [0.2, 0.25) is 5.91 Å². The zero-order chi connectivity index (χ0) is 26.1. The average molecular weight is 654 g/mol. The molecule has 0 N–H and O–H groups in total. The largest absolute Gasteiger partial charge is 0.453 e. The van der Waals surface area contributed by atoms with Crippen molar-refractivity contribution in [1.82, 2.24) is 14.8 Å². The van der Waals surface area contributed by atoms with Crippen LogP contribution in [-0.4, -0.2) is 60.1 Å². The molecule has 9 heteroatoms. The second-order valence-electron chi connectivity index (χ2n) is 10.4. The molecule has 2 aromatic rings. The van der Waals surface area contributed by atoms with E-state index in [2.05, 4.69) is 48.9 Å². The third-order valence-electron chi connectivity index (χ3n) is 8.35. The van der Waals surface area contributed by atoms with Gasteiger partial charge in [-0.05, 0) is 111 Å². The number of hydrogen-bond donors (Lipinski definition) is 0. The Morgan fingerprint density at radius 3 is 2.46 bits per heavy atom. The van der Waals surface area contributed by atoms with E-state index in [0.717, 1.165) is 65.6 Å². The lowest BCUT2D eigenvalue weighted by molar-refractivity contribution is -0.134. The van der Waals surface area contributed by atoms with E-state index in [1.807, 2.05) is 12.3 Å². The second-order valence-corrected chi connectivity index (χ2v) is 12.5. The van der Waals surface area contributed by atoms with Crippen LogP contribution >= 0.6 is 43.5 Å². The number of methoxy groups -OCH3 is 1. The van der Waals surface area contributed by atoms with Gasteiger partial charge in [0.1, 0.15) is 0 Å². The first-order chi connectivity index (χ1) is 17.9. The van der Waals surface area contributed by atoms with Crippen molar-refractivity contribution >= 4 is 55.5 Å². The minimum atomic E-state index is -0.273. The molecule has 2 saturated heterocycles. The summed E-state index contributed by atoms with van der Waals surface area (Å²) < 4.78 is 6.83. The lowest BCUT2D eigenvalue weighted by Gasteiger charge is -2.38. The van der Waals surface area contributed by atoms with Crippen LogP contribution in [0.2, 0.25) is 5.02 Å². The highest BCUT2D eigenvalue weighted by Gasteiger charge is 2.36. The molecule has 1 aliphatic carbocycles. The number of amides is 2. The van der Waals surface area contributed by atoms with Gasteiger partial charge in [0.05, 0.1) is 17.8 Å². The van der Waals surface area contributed by atoms with Crippen LogP contribution in [-0.2, 0) is 22.4 Å². The van der Waals surface area contributed by atoms with E-state index in [-0.39, 0.29) is 17.9 Å². The molecule has 1 unspecified atom stereocenters. The highest BCUT2D eigenvalue weighted by atomic mass is 79.9. The summed E-state index contributed by atoms with van der Waals surface area (Å²) in [6.07, 6.45) is 7.66. The molecule has 0 spiro atoms. The van der Waals surface area contributed by atoms with Crippen LogP contribution < -0.4 is 0 Å². The van der Waals surface area contributed by atoms with E-state index in [4.69, 9.17) is 21.3 Å². The minimum Gasteiger partial charge on any atom is -0.453 e. The van der Waals surface area contributed by atoms with Crippen LogP contribution in [0.3, 0.4) is 0 Å². The van der Waals surface area contributed by atoms with Crippen LogP contribution in [0.15, 0.2) is 33.3 Å². The zero-order valence-electron chi connectivity index (χ0n) is 21.0. The van der Waals surface area contributed by atoms with Crippen LogP contribution in [0, 0.1) is 11.8 Å². The van der Waals surface area contributed by atoms with Crippen molar-refractivity contribution in [2.75, 3.05) is 33.3 Å². The molecule has 6 nitrogen and oxygen atoms in total. The molecule has 2 fully saturated rings. The number of piperidine rings is 2. The van der Waals surface area contributed by atoms with Crippen molar-refractivity contribution in [3.8, 4) is 0 Å². The summed E-state index contributed by atoms with van der Waals surface area (Å²) in [7, 11) is 1.41. The van der Waals surface area contributed by atoms with Crippen molar-refractivity contribution in [1.29, 1.82) is 0 Å². The molecular weight excluding hydrogens is 622 g/mol. The molecule has 2 aliphatic heterocycles. The molecule has 0 bridgehead atoms. The van der Waals surface area contributed by atoms with Gasteiger partial charge in [-0.1, -0.05) is 17.7 Å². The summed E-state index contributed by atoms with van der Waals surface area (Å²) in [6.45, 7) is 2.87. The molecule has 37 heavy (non-hydrogen) atoms. The summed E-state index contributed by atoms with van der Waals surface area (Å²) in [6, 6.07) is 6.39. The Morgan fingerprint density at radius 1 is 1.05 bits per heavy atom. The molecule has 3 aliphatic rings. The molecule has 1 aromatic carbocycles. The summed E-state index contributed by atoms with van der Waals surface area (Å²) in [5, 5.41) is 0.746. The standard InChI is InChI=1S/C28H32Br2ClN3O3/c1-37-28(36)34-10-6-17(7-11-34)14-24(35)33-12-8-18(9-13-33)25-21-4-5-23(31)26(30)22(21)3-2-19-15-20(29)16-32-27(19)25/h4-5,15-18,25H,2-3,6-14H2,1H3. The number of carbonyl (C=O) groups is 2. The predicted molar refractivity (Wildman–Crippen MR) is 151 cm³/mol. The number of ether oxygens (including phenoxy) is 1. The number of benzene rings is 1. The van der Waals surface area contributed by atoms with Crippen molar-refractivity contribution in [2.24, 2.45) is 11.8 Å². The smallest absolute Gasteiger partial charge is 0.409 e. The fourth-order valence-corrected chi connectivity index (χ4v) is 7.43. The summed E-state index contributed by atoms with van der Waals surface area (Å²) in [5.41, 5.74) is 5.05. The topological polar surface area (TPSA) is 62.7 Å². The lowest BCUT2D eigenvalue weighted by atomic mass is 9.76. The van der Waals surface area contributed by atoms with Gasteiger partial charge < -0.3 is 14.5 Å². The van der Waals surface area contributed by atoms with Gasteiger partial charge in [0, 0.05) is 53.7 Å². The number of hydrogen-bond acceptors (Lipinski definition) is 4. The van der Waals surface area contributed by atoms with Gasteiger partial charge in [-0.2, -0.15) is 0 Å². The van der Waals surface area contributed by atoms with E-state index in [1.165, 1.54) is 29.5 Å². The van der Waals surface area contributed by atoms with Gasteiger partial charge >= 0.3 is 6.09 Å². The molecular formula is C28H32Br2ClN3O3. The van der Waals surface area contributed by atoms with E-state index in [1.54, 1.807) is 4.90 Å². The van der Waals surface area contributed by atoms with Crippen molar-refractivity contribution in [3.05, 3.63) is 60.7 Å². The van der Waals surface area contributed by atoms with Crippen LogP contribution in [0.25, 0.3) is 0 Å². The van der Waals surface area contributed by atoms with Gasteiger partial charge in [0.15, 0.2) is 0 Å². The number of aryl methyl sites for hydroxylation is 1. The number of fused-ring (bicyclic) bond motifs is 2. The van der Waals surface area contributed by atoms with Crippen LogP contribution in [0.4, 0.5) is 4.79 Å². The molecule has 0 radical (unpaired) electrons. The third kappa shape index (κ3) is 5.71. The Balaban J connectivity index is 1.28. The summed E-state index contributed by atoms with van der Waals surface area (Å²) >= 11 is 13.9. The SMILES string of the molecule is COC(=O)N1CCC(CC(=O)N2CCC(C3c4ccc(Cl)c(Br)c4CCc4cc(Br)cnc43)CC2)CC1. The molecule has 1 atom stereocenters. The Hall–Kier alpha value is -1.64. The van der Waals surface area contributed by atoms with Gasteiger partial charge in [0.25, 0.3) is 0 Å². The normalized spacial score (nSPS) is 20.7. The summed E-state index contributed by atoms with van der Waals surface area (Å²) in [5.74, 6) is 1.17.